The van der Waals surface area contributed by atoms with E-state index in [0.717, 1.165) is 5.56 Å². The lowest BCUT2D eigenvalue weighted by Crippen LogP contribution is -2.34. The van der Waals surface area contributed by atoms with Gasteiger partial charge in [0, 0.05) is 11.8 Å². The Morgan fingerprint density at radius 1 is 1.12 bits per heavy atom. The summed E-state index contributed by atoms with van der Waals surface area (Å²) in [6.45, 7) is -0.171. The van der Waals surface area contributed by atoms with Crippen molar-refractivity contribution >= 4 is 24.1 Å². The molecule has 2 aromatic rings. The summed E-state index contributed by atoms with van der Waals surface area (Å²) < 4.78 is 5.05. The van der Waals surface area contributed by atoms with Gasteiger partial charge >= 0.3 is 0 Å². The van der Waals surface area contributed by atoms with Crippen LogP contribution in [0.25, 0.3) is 6.08 Å². The monoisotopic (exact) mass is 337 g/mol. The Balaban J connectivity index is 1.74. The Morgan fingerprint density at radius 2 is 1.92 bits per heavy atom. The maximum Gasteiger partial charge on any atom is 0.259 e. The Bertz CT molecular complexity index is 770. The zero-order chi connectivity index (χ0) is 17.9. The van der Waals surface area contributed by atoms with Crippen LogP contribution < -0.4 is 15.5 Å². The first kappa shape index (κ1) is 17.9. The quantitative estimate of drug-likeness (QED) is 0.601. The van der Waals surface area contributed by atoms with E-state index in [1.165, 1.54) is 13.3 Å². The smallest absolute Gasteiger partial charge is 0.259 e. The van der Waals surface area contributed by atoms with Gasteiger partial charge in [0.1, 0.15) is 5.75 Å². The highest BCUT2D eigenvalue weighted by atomic mass is 16.5. The van der Waals surface area contributed by atoms with Gasteiger partial charge in [-0.2, -0.15) is 5.10 Å². The molecule has 0 bridgehead atoms. The van der Waals surface area contributed by atoms with Crippen LogP contribution in [0, 0.1) is 0 Å². The fourth-order valence-electron chi connectivity index (χ4n) is 1.94. The summed E-state index contributed by atoms with van der Waals surface area (Å²) in [7, 11) is 1.52. The van der Waals surface area contributed by atoms with E-state index in [1.807, 2.05) is 36.4 Å². The number of benzene rings is 2. The third kappa shape index (κ3) is 6.31. The fraction of sp³-hybridized carbons (Fsp3) is 0.105. The molecule has 25 heavy (non-hydrogen) atoms. The van der Waals surface area contributed by atoms with Crippen LogP contribution in [0.2, 0.25) is 0 Å². The summed E-state index contributed by atoms with van der Waals surface area (Å²) in [4.78, 5) is 23.6. The summed E-state index contributed by atoms with van der Waals surface area (Å²) >= 11 is 0. The molecule has 2 rings (SSSR count). The van der Waals surface area contributed by atoms with Crippen LogP contribution in [-0.2, 0) is 4.79 Å². The van der Waals surface area contributed by atoms with Crippen molar-refractivity contribution in [2.45, 2.75) is 0 Å². The highest BCUT2D eigenvalue weighted by Crippen LogP contribution is 2.12. The number of carbonyl (C=O) groups excluding carboxylic acids is 2. The molecule has 0 aliphatic carbocycles. The molecule has 2 N–H and O–H groups in total. The van der Waals surface area contributed by atoms with Gasteiger partial charge in [0.15, 0.2) is 0 Å². The molecule has 2 amide bonds. The van der Waals surface area contributed by atoms with Gasteiger partial charge in [-0.1, -0.05) is 42.5 Å². The predicted octanol–water partition coefficient (Wildman–Crippen LogP) is 2.24. The van der Waals surface area contributed by atoms with Crippen molar-refractivity contribution < 1.29 is 14.3 Å². The maximum absolute atomic E-state index is 12.0. The minimum absolute atomic E-state index is 0.171. The number of carbonyl (C=O) groups is 2. The second-order valence-electron chi connectivity index (χ2n) is 5.00. The van der Waals surface area contributed by atoms with Crippen LogP contribution in [0.3, 0.4) is 0 Å². The molecular formula is C19H19N3O3. The largest absolute Gasteiger partial charge is 0.497 e. The highest BCUT2D eigenvalue weighted by molar-refractivity contribution is 5.96. The zero-order valence-corrected chi connectivity index (χ0v) is 13.8. The Morgan fingerprint density at radius 3 is 2.68 bits per heavy atom. The van der Waals surface area contributed by atoms with E-state index in [4.69, 9.17) is 4.74 Å². The summed E-state index contributed by atoms with van der Waals surface area (Å²) in [5.74, 6) is -0.200. The Labute approximate surface area is 146 Å². The number of ether oxygens (including phenoxy) is 1. The van der Waals surface area contributed by atoms with E-state index in [-0.39, 0.29) is 12.5 Å². The fourth-order valence-corrected chi connectivity index (χ4v) is 1.94. The average Bonchev–Trinajstić information content (AvgIpc) is 2.66. The van der Waals surface area contributed by atoms with Gasteiger partial charge < -0.3 is 10.1 Å². The van der Waals surface area contributed by atoms with E-state index in [2.05, 4.69) is 15.8 Å². The van der Waals surface area contributed by atoms with Gasteiger partial charge in [-0.05, 0) is 29.8 Å². The summed E-state index contributed by atoms with van der Waals surface area (Å²) in [6.07, 6.45) is 5.04. The molecule has 0 aromatic heterocycles. The molecule has 0 saturated heterocycles. The molecule has 0 radical (unpaired) electrons. The van der Waals surface area contributed by atoms with Crippen molar-refractivity contribution in [3.05, 3.63) is 71.8 Å². The number of methoxy groups -OCH3 is 1. The minimum atomic E-state index is -0.416. The number of allylic oxidation sites excluding steroid dienone is 1. The molecule has 128 valence electrons. The van der Waals surface area contributed by atoms with Crippen LogP contribution >= 0.6 is 0 Å². The zero-order valence-electron chi connectivity index (χ0n) is 13.8. The van der Waals surface area contributed by atoms with E-state index in [9.17, 15) is 9.59 Å². The first-order valence-corrected chi connectivity index (χ1v) is 7.65. The van der Waals surface area contributed by atoms with Crippen molar-refractivity contribution in [2.75, 3.05) is 13.7 Å². The Hall–Kier alpha value is -3.41. The van der Waals surface area contributed by atoms with Gasteiger partial charge in [0.25, 0.3) is 11.8 Å². The van der Waals surface area contributed by atoms with Gasteiger partial charge in [-0.25, -0.2) is 5.43 Å². The van der Waals surface area contributed by atoms with Crippen molar-refractivity contribution in [3.8, 4) is 5.75 Å². The molecule has 0 spiro atoms. The first-order chi connectivity index (χ1) is 12.2. The van der Waals surface area contributed by atoms with Crippen LogP contribution in [-0.4, -0.2) is 31.7 Å². The van der Waals surface area contributed by atoms with Gasteiger partial charge in [-0.3, -0.25) is 9.59 Å². The van der Waals surface area contributed by atoms with Crippen molar-refractivity contribution in [3.63, 3.8) is 0 Å². The standard InChI is InChI=1S/C19H19N3O3/c1-25-17-11-5-10-16(13-17)19(24)20-14-18(23)22-21-12-6-9-15-7-3-2-4-8-15/h2-13H,14H2,1H3,(H,20,24)(H,22,23). The van der Waals surface area contributed by atoms with Crippen LogP contribution in [0.4, 0.5) is 0 Å². The SMILES string of the molecule is COc1cccc(C(=O)NCC(=O)NN=CC=Cc2ccccc2)c1. The van der Waals surface area contributed by atoms with E-state index in [1.54, 1.807) is 30.3 Å². The second kappa shape index (κ2) is 9.67. The van der Waals surface area contributed by atoms with E-state index < -0.39 is 5.91 Å². The number of rotatable bonds is 7. The molecule has 0 unspecified atom stereocenters. The summed E-state index contributed by atoms with van der Waals surface area (Å²) in [6, 6.07) is 16.4. The molecule has 0 atom stereocenters. The van der Waals surface area contributed by atoms with Crippen LogP contribution in [0.15, 0.2) is 65.8 Å². The number of hydrogen-bond acceptors (Lipinski definition) is 4. The van der Waals surface area contributed by atoms with Gasteiger partial charge in [0.2, 0.25) is 0 Å². The van der Waals surface area contributed by atoms with E-state index >= 15 is 0 Å². The number of amides is 2. The minimum Gasteiger partial charge on any atom is -0.497 e. The molecule has 6 heteroatoms. The number of nitrogens with zero attached hydrogens (tertiary/aromatic N) is 1. The third-order valence-electron chi connectivity index (χ3n) is 3.18. The summed E-state index contributed by atoms with van der Waals surface area (Å²) in [5.41, 5.74) is 3.79. The first-order valence-electron chi connectivity index (χ1n) is 7.65. The maximum atomic E-state index is 12.0. The molecule has 0 aliphatic rings. The molecule has 0 saturated carbocycles. The van der Waals surface area contributed by atoms with E-state index in [0.29, 0.717) is 11.3 Å². The predicted molar refractivity (Wildman–Crippen MR) is 97.4 cm³/mol. The van der Waals surface area contributed by atoms with Crippen molar-refractivity contribution in [1.82, 2.24) is 10.7 Å². The van der Waals surface area contributed by atoms with Crippen molar-refractivity contribution in [1.29, 1.82) is 0 Å². The van der Waals surface area contributed by atoms with Crippen molar-refractivity contribution in [2.24, 2.45) is 5.10 Å². The van der Waals surface area contributed by atoms with Crippen LogP contribution in [0.1, 0.15) is 15.9 Å². The molecule has 6 nitrogen and oxygen atoms in total. The van der Waals surface area contributed by atoms with Gasteiger partial charge in [0.05, 0.1) is 13.7 Å². The third-order valence-corrected chi connectivity index (χ3v) is 3.18. The molecule has 0 aliphatic heterocycles. The van der Waals surface area contributed by atoms with Gasteiger partial charge in [-0.15, -0.1) is 0 Å². The topological polar surface area (TPSA) is 79.8 Å². The molecule has 0 fully saturated rings. The summed E-state index contributed by atoms with van der Waals surface area (Å²) in [5, 5.41) is 6.30. The number of hydrazone groups is 1. The lowest BCUT2D eigenvalue weighted by molar-refractivity contribution is -0.120. The number of nitrogens with one attached hydrogen (secondary N) is 2. The normalized spacial score (nSPS) is 10.8. The molecular weight excluding hydrogens is 318 g/mol. The van der Waals surface area contributed by atoms with Crippen LogP contribution in [0.5, 0.6) is 5.75 Å². The molecule has 2 aromatic carbocycles. The lowest BCUT2D eigenvalue weighted by atomic mass is 10.2. The lowest BCUT2D eigenvalue weighted by Gasteiger charge is -2.05. The highest BCUT2D eigenvalue weighted by Gasteiger charge is 2.08. The second-order valence-corrected chi connectivity index (χ2v) is 5.00. The molecule has 0 heterocycles. The average molecular weight is 337 g/mol. The number of hydrogen-bond donors (Lipinski definition) is 2. The Kier molecular flexibility index (Phi) is 6.94.